The van der Waals surface area contributed by atoms with Crippen LogP contribution in [0.2, 0.25) is 0 Å². The molecule has 0 amide bonds. The van der Waals surface area contributed by atoms with Crippen LogP contribution in [-0.4, -0.2) is 50.5 Å². The minimum atomic E-state index is -1.23. The number of rotatable bonds is 7. The van der Waals surface area contributed by atoms with E-state index in [4.69, 9.17) is 14.4 Å². The minimum absolute atomic E-state index is 0.256. The molecule has 0 aliphatic carbocycles. The number of nitrogens with zero attached hydrogens (tertiary/aromatic N) is 4. The first kappa shape index (κ1) is 22.0. The van der Waals surface area contributed by atoms with Crippen LogP contribution < -0.4 is 0 Å². The molecule has 0 bridgehead atoms. The molecule has 0 radical (unpaired) electrons. The Kier molecular flexibility index (Phi) is 6.23. The van der Waals surface area contributed by atoms with Gasteiger partial charge in [-0.3, -0.25) is 9.88 Å². The molecule has 2 aromatic heterocycles. The molecule has 1 N–H and O–H groups in total. The third-order valence-corrected chi connectivity index (χ3v) is 5.60. The highest BCUT2D eigenvalue weighted by molar-refractivity contribution is 5.62. The normalized spacial score (nSPS) is 14.5. The maximum Gasteiger partial charge on any atom is 0.506 e. The summed E-state index contributed by atoms with van der Waals surface area (Å²) in [5.74, 6) is 1.61. The van der Waals surface area contributed by atoms with Gasteiger partial charge in [0.05, 0.1) is 5.69 Å². The van der Waals surface area contributed by atoms with Gasteiger partial charge in [-0.2, -0.15) is 4.98 Å². The lowest BCUT2D eigenvalue weighted by Gasteiger charge is -2.37. The minimum Gasteiger partial charge on any atom is -0.450 e. The van der Waals surface area contributed by atoms with Crippen LogP contribution in [0.4, 0.5) is 4.79 Å². The summed E-state index contributed by atoms with van der Waals surface area (Å²) in [6.07, 6.45) is -0.439. The van der Waals surface area contributed by atoms with Crippen molar-refractivity contribution in [2.45, 2.75) is 46.8 Å². The van der Waals surface area contributed by atoms with Gasteiger partial charge in [-0.15, -0.1) is 0 Å². The molecule has 0 saturated carbocycles. The zero-order valence-corrected chi connectivity index (χ0v) is 18.8. The molecule has 1 aliphatic rings. The topological polar surface area (TPSA) is 102 Å². The molecule has 3 aromatic rings. The molecule has 0 atom stereocenters. The van der Waals surface area contributed by atoms with E-state index in [1.165, 1.54) is 11.1 Å². The molecule has 32 heavy (non-hydrogen) atoms. The number of likely N-dealkylation sites (tertiary alicyclic amines) is 1. The number of benzene rings is 1. The maximum absolute atomic E-state index is 10.6. The van der Waals surface area contributed by atoms with Crippen molar-refractivity contribution in [3.05, 3.63) is 52.8 Å². The Balaban J connectivity index is 1.44. The summed E-state index contributed by atoms with van der Waals surface area (Å²) in [6, 6.07) is 10.2. The van der Waals surface area contributed by atoms with Gasteiger partial charge in [-0.25, -0.2) is 4.79 Å². The second kappa shape index (κ2) is 9.08. The Morgan fingerprint density at radius 2 is 2.00 bits per heavy atom. The Hall–Kier alpha value is -3.26. The van der Waals surface area contributed by atoms with Crippen LogP contribution in [0.3, 0.4) is 0 Å². The largest absolute Gasteiger partial charge is 0.506 e. The number of aryl methyl sites for hydroxylation is 2. The average molecular weight is 437 g/mol. The summed E-state index contributed by atoms with van der Waals surface area (Å²) in [7, 11) is 0. The van der Waals surface area contributed by atoms with E-state index in [0.717, 1.165) is 28.9 Å². The highest BCUT2D eigenvalue weighted by Gasteiger charge is 2.30. The zero-order valence-electron chi connectivity index (χ0n) is 18.8. The van der Waals surface area contributed by atoms with Gasteiger partial charge in [-0.1, -0.05) is 25.1 Å². The van der Waals surface area contributed by atoms with E-state index in [1.54, 1.807) is 0 Å². The summed E-state index contributed by atoms with van der Waals surface area (Å²) < 4.78 is 10.3. The number of pyridine rings is 1. The molecule has 0 unspecified atom stereocenters. The summed E-state index contributed by atoms with van der Waals surface area (Å²) in [6.45, 7) is 10.3. The van der Waals surface area contributed by atoms with Crippen molar-refractivity contribution in [1.82, 2.24) is 20.0 Å². The van der Waals surface area contributed by atoms with Crippen LogP contribution in [0, 0.1) is 19.8 Å². The standard InChI is InChI=1S/C24H28N4O4/c1-14(2)9-17-5-6-18(10-15(17)3)23-26-22(27-32-23)21-8-7-19(25-16(21)4)11-28-12-20(13-28)31-24(29)30/h5-8,10,14,20H,9,11-13H2,1-4H3,(H,29,30). The highest BCUT2D eigenvalue weighted by atomic mass is 16.7. The third kappa shape index (κ3) is 4.96. The quantitative estimate of drug-likeness (QED) is 0.541. The Bertz CT molecular complexity index is 1120. The first-order valence-electron chi connectivity index (χ1n) is 10.8. The fourth-order valence-electron chi connectivity index (χ4n) is 3.98. The molecular formula is C24H28N4O4. The van der Waals surface area contributed by atoms with Crippen LogP contribution in [0.5, 0.6) is 0 Å². The highest BCUT2D eigenvalue weighted by Crippen LogP contribution is 2.27. The van der Waals surface area contributed by atoms with Gasteiger partial charge in [0, 0.05) is 36.5 Å². The summed E-state index contributed by atoms with van der Waals surface area (Å²) in [5, 5.41) is 12.8. The molecule has 0 spiro atoms. The molecule has 1 aliphatic heterocycles. The van der Waals surface area contributed by atoms with Crippen molar-refractivity contribution in [3.63, 3.8) is 0 Å². The molecule has 8 nitrogen and oxygen atoms in total. The molecule has 8 heteroatoms. The van der Waals surface area contributed by atoms with Gasteiger partial charge in [0.25, 0.3) is 5.89 Å². The molecule has 4 rings (SSSR count). The van der Waals surface area contributed by atoms with Crippen LogP contribution in [-0.2, 0) is 17.7 Å². The van der Waals surface area contributed by atoms with Gasteiger partial charge in [0.1, 0.15) is 6.10 Å². The summed E-state index contributed by atoms with van der Waals surface area (Å²) >= 11 is 0. The van der Waals surface area contributed by atoms with Crippen molar-refractivity contribution in [2.75, 3.05) is 13.1 Å². The van der Waals surface area contributed by atoms with Gasteiger partial charge in [-0.05, 0) is 61.6 Å². The fraction of sp³-hybridized carbons (Fsp3) is 0.417. The van der Waals surface area contributed by atoms with Gasteiger partial charge in [0.15, 0.2) is 0 Å². The summed E-state index contributed by atoms with van der Waals surface area (Å²) in [5.41, 5.74) is 6.01. The van der Waals surface area contributed by atoms with Crippen LogP contribution >= 0.6 is 0 Å². The van der Waals surface area contributed by atoms with Crippen LogP contribution in [0.25, 0.3) is 22.8 Å². The number of hydrogen-bond acceptors (Lipinski definition) is 7. The van der Waals surface area contributed by atoms with Gasteiger partial charge in [0.2, 0.25) is 5.82 Å². The number of carboxylic acid groups (broad SMARTS) is 1. The van der Waals surface area contributed by atoms with Crippen LogP contribution in [0.15, 0.2) is 34.9 Å². The first-order valence-corrected chi connectivity index (χ1v) is 10.8. The van der Waals surface area contributed by atoms with E-state index < -0.39 is 6.16 Å². The second-order valence-electron chi connectivity index (χ2n) is 8.80. The molecular weight excluding hydrogens is 408 g/mol. The third-order valence-electron chi connectivity index (χ3n) is 5.60. The smallest absolute Gasteiger partial charge is 0.450 e. The predicted octanol–water partition coefficient (Wildman–Crippen LogP) is 4.49. The molecule has 1 aromatic carbocycles. The number of ether oxygens (including phenoxy) is 1. The van der Waals surface area contributed by atoms with E-state index in [2.05, 4.69) is 52.9 Å². The molecule has 168 valence electrons. The van der Waals surface area contributed by atoms with E-state index in [1.807, 2.05) is 25.1 Å². The lowest BCUT2D eigenvalue weighted by atomic mass is 9.97. The van der Waals surface area contributed by atoms with E-state index >= 15 is 0 Å². The maximum atomic E-state index is 10.6. The van der Waals surface area contributed by atoms with Crippen molar-refractivity contribution in [1.29, 1.82) is 0 Å². The lowest BCUT2D eigenvalue weighted by molar-refractivity contribution is -0.0367. The van der Waals surface area contributed by atoms with Gasteiger partial charge < -0.3 is 14.4 Å². The lowest BCUT2D eigenvalue weighted by Crippen LogP contribution is -2.52. The Morgan fingerprint density at radius 3 is 2.66 bits per heavy atom. The van der Waals surface area contributed by atoms with Crippen molar-refractivity contribution >= 4 is 6.16 Å². The number of aromatic nitrogens is 3. The van der Waals surface area contributed by atoms with E-state index in [0.29, 0.717) is 37.3 Å². The molecule has 3 heterocycles. The monoisotopic (exact) mass is 436 g/mol. The first-order chi connectivity index (χ1) is 15.3. The number of hydrogen-bond donors (Lipinski definition) is 1. The molecule has 1 saturated heterocycles. The Labute approximate surface area is 187 Å². The fourth-order valence-corrected chi connectivity index (χ4v) is 3.98. The van der Waals surface area contributed by atoms with Crippen LogP contribution in [0.1, 0.15) is 36.4 Å². The van der Waals surface area contributed by atoms with E-state index in [-0.39, 0.29) is 6.10 Å². The van der Waals surface area contributed by atoms with Crippen molar-refractivity contribution in [3.8, 4) is 22.8 Å². The van der Waals surface area contributed by atoms with Gasteiger partial charge >= 0.3 is 6.16 Å². The van der Waals surface area contributed by atoms with Crippen molar-refractivity contribution in [2.24, 2.45) is 5.92 Å². The zero-order chi connectivity index (χ0) is 22.8. The second-order valence-corrected chi connectivity index (χ2v) is 8.80. The van der Waals surface area contributed by atoms with Crippen molar-refractivity contribution < 1.29 is 19.2 Å². The SMILES string of the molecule is Cc1cc(-c2nc(-c3ccc(CN4CC(OC(=O)O)C4)nc3C)no2)ccc1CC(C)C. The average Bonchev–Trinajstić information content (AvgIpc) is 3.17. The Morgan fingerprint density at radius 1 is 1.22 bits per heavy atom. The number of carbonyl (C=O) groups is 1. The van der Waals surface area contributed by atoms with E-state index in [9.17, 15) is 4.79 Å². The molecule has 1 fully saturated rings. The summed E-state index contributed by atoms with van der Waals surface area (Å²) in [4.78, 5) is 21.9. The predicted molar refractivity (Wildman–Crippen MR) is 119 cm³/mol.